The van der Waals surface area contributed by atoms with Gasteiger partial charge in [-0.15, -0.1) is 0 Å². The molecule has 1 amide bonds. The molecule has 1 aliphatic rings. The number of ether oxygens (including phenoxy) is 1. The zero-order chi connectivity index (χ0) is 26.5. The number of nitrogens with two attached hydrogens (primary N) is 1. The number of aromatic amines is 1. The number of nitrogens with zero attached hydrogens (tertiary/aromatic N) is 2. The molecule has 2 aromatic carbocycles. The van der Waals surface area contributed by atoms with Crippen molar-refractivity contribution >= 4 is 22.6 Å². The van der Waals surface area contributed by atoms with Gasteiger partial charge >= 0.3 is 0 Å². The van der Waals surface area contributed by atoms with Crippen molar-refractivity contribution < 1.29 is 27.1 Å². The van der Waals surface area contributed by atoms with E-state index in [1.165, 1.54) is 36.1 Å². The molecule has 4 aromatic rings. The molecule has 1 saturated carbocycles. The van der Waals surface area contributed by atoms with E-state index in [-0.39, 0.29) is 40.1 Å². The largest absolute Gasteiger partial charge is 0.496 e. The smallest absolute Gasteiger partial charge is 0.288 e. The van der Waals surface area contributed by atoms with Gasteiger partial charge in [-0.05, 0) is 29.8 Å². The van der Waals surface area contributed by atoms with Crippen molar-refractivity contribution in [2.24, 2.45) is 0 Å². The number of carbonyl (C=O) groups excluding carboxylic acids is 1. The highest BCUT2D eigenvalue weighted by molar-refractivity contribution is 6.02. The Morgan fingerprint density at radius 1 is 1.24 bits per heavy atom. The number of hydrogen-bond acceptors (Lipinski definition) is 5. The predicted molar refractivity (Wildman–Crippen MR) is 128 cm³/mol. The van der Waals surface area contributed by atoms with Gasteiger partial charge in [-0.2, -0.15) is 5.10 Å². The summed E-state index contributed by atoms with van der Waals surface area (Å²) in [7, 11) is 1.34. The Bertz CT molecular complexity index is 1590. The third kappa shape index (κ3) is 4.39. The molecule has 0 spiro atoms. The van der Waals surface area contributed by atoms with Crippen molar-refractivity contribution in [2.45, 2.75) is 31.4 Å². The van der Waals surface area contributed by atoms with Crippen molar-refractivity contribution in [1.29, 1.82) is 0 Å². The first-order valence-corrected chi connectivity index (χ1v) is 11.2. The van der Waals surface area contributed by atoms with Crippen LogP contribution in [0.4, 0.5) is 23.4 Å². The second-order valence-corrected chi connectivity index (χ2v) is 8.86. The van der Waals surface area contributed by atoms with Crippen LogP contribution < -0.4 is 21.3 Å². The number of H-pyrrole nitrogens is 1. The van der Waals surface area contributed by atoms with E-state index in [0.717, 1.165) is 12.1 Å². The van der Waals surface area contributed by atoms with Crippen molar-refractivity contribution in [3.05, 3.63) is 75.7 Å². The molecule has 0 saturated heterocycles. The molecule has 0 radical (unpaired) electrons. The number of anilines is 1. The summed E-state index contributed by atoms with van der Waals surface area (Å²) < 4.78 is 62.2. The molecule has 4 N–H and O–H groups in total. The second-order valence-electron chi connectivity index (χ2n) is 8.86. The number of methoxy groups -OCH3 is 1. The molecule has 12 heteroatoms. The number of nitrogen functional groups attached to an aromatic ring is 1. The van der Waals surface area contributed by atoms with Crippen LogP contribution in [0.1, 0.15) is 34.8 Å². The van der Waals surface area contributed by atoms with Crippen LogP contribution in [-0.2, 0) is 6.54 Å². The number of carbonyl (C=O) groups is 1. The van der Waals surface area contributed by atoms with E-state index in [4.69, 9.17) is 10.5 Å². The van der Waals surface area contributed by atoms with Gasteiger partial charge in [0.2, 0.25) is 0 Å². The van der Waals surface area contributed by atoms with Crippen molar-refractivity contribution in [3.63, 3.8) is 0 Å². The third-order valence-corrected chi connectivity index (χ3v) is 6.45. The first-order chi connectivity index (χ1) is 17.6. The van der Waals surface area contributed by atoms with Crippen LogP contribution in [-0.4, -0.2) is 33.7 Å². The summed E-state index contributed by atoms with van der Waals surface area (Å²) in [6.45, 7) is -0.201. The maximum absolute atomic E-state index is 15.1. The standard InChI is InChI=1S/C25H21F4N5O3/c1-37-19-5-4-14(26)7-16(19)23(35)31-10-13-3-2-12(6-18(13)27)17-11-34(15-8-25(28,29)9-15)21-20(17)22(30)32-33-24(21)36/h2-7,11,15H,8-10H2,1H3,(H2,30,32)(H,31,35)(H,33,36). The minimum Gasteiger partial charge on any atom is -0.496 e. The molecule has 1 aliphatic carbocycles. The van der Waals surface area contributed by atoms with E-state index < -0.39 is 47.9 Å². The quantitative estimate of drug-likeness (QED) is 0.334. The van der Waals surface area contributed by atoms with E-state index in [1.54, 1.807) is 6.07 Å². The van der Waals surface area contributed by atoms with Crippen molar-refractivity contribution in [2.75, 3.05) is 12.8 Å². The summed E-state index contributed by atoms with van der Waals surface area (Å²) in [6, 6.07) is 7.05. The van der Waals surface area contributed by atoms with Crippen LogP contribution in [0.5, 0.6) is 5.75 Å². The molecule has 2 aromatic heterocycles. The highest BCUT2D eigenvalue weighted by Gasteiger charge is 2.47. The number of aromatic nitrogens is 3. The Balaban J connectivity index is 1.45. The third-order valence-electron chi connectivity index (χ3n) is 6.45. The van der Waals surface area contributed by atoms with Gasteiger partial charge in [0.1, 0.15) is 22.9 Å². The SMILES string of the molecule is COc1ccc(F)cc1C(=O)NCc1ccc(-c2cn(C3CC(F)(F)C3)c3c(=O)[nH]nc(N)c23)cc1F. The number of alkyl halides is 2. The molecule has 0 unspecified atom stereocenters. The van der Waals surface area contributed by atoms with Gasteiger partial charge in [0.25, 0.3) is 17.4 Å². The molecule has 1 fully saturated rings. The number of rotatable bonds is 6. The summed E-state index contributed by atoms with van der Waals surface area (Å²) in [4.78, 5) is 25.0. The number of halogens is 4. The van der Waals surface area contributed by atoms with E-state index in [9.17, 15) is 22.8 Å². The van der Waals surface area contributed by atoms with Crippen LogP contribution in [0.2, 0.25) is 0 Å². The fourth-order valence-electron chi connectivity index (χ4n) is 4.55. The number of fused-ring (bicyclic) bond motifs is 1. The summed E-state index contributed by atoms with van der Waals surface area (Å²) in [5, 5.41) is 8.80. The topological polar surface area (TPSA) is 115 Å². The highest BCUT2D eigenvalue weighted by Crippen LogP contribution is 2.47. The lowest BCUT2D eigenvalue weighted by Crippen LogP contribution is -2.37. The maximum atomic E-state index is 15.1. The Morgan fingerprint density at radius 3 is 2.68 bits per heavy atom. The van der Waals surface area contributed by atoms with E-state index in [1.807, 2.05) is 0 Å². The minimum atomic E-state index is -2.82. The van der Waals surface area contributed by atoms with Gasteiger partial charge in [-0.3, -0.25) is 9.59 Å². The summed E-state index contributed by atoms with van der Waals surface area (Å²) >= 11 is 0. The van der Waals surface area contributed by atoms with Gasteiger partial charge in [-0.25, -0.2) is 22.7 Å². The molecule has 0 bridgehead atoms. The van der Waals surface area contributed by atoms with Gasteiger partial charge in [0, 0.05) is 42.8 Å². The predicted octanol–water partition coefficient (Wildman–Crippen LogP) is 4.16. The fourth-order valence-corrected chi connectivity index (χ4v) is 4.55. The Hall–Kier alpha value is -4.35. The molecule has 192 valence electrons. The highest BCUT2D eigenvalue weighted by atomic mass is 19.3. The average Bonchev–Trinajstić information content (AvgIpc) is 3.25. The van der Waals surface area contributed by atoms with Gasteiger partial charge in [0.05, 0.1) is 18.1 Å². The molecule has 2 heterocycles. The normalized spacial score (nSPS) is 14.9. The molecule has 0 atom stereocenters. The minimum absolute atomic E-state index is 0.0322. The van der Waals surface area contributed by atoms with Gasteiger partial charge < -0.3 is 20.4 Å². The van der Waals surface area contributed by atoms with Crippen molar-refractivity contribution in [3.8, 4) is 16.9 Å². The Kier molecular flexibility index (Phi) is 5.89. The van der Waals surface area contributed by atoms with Crippen LogP contribution in [0.15, 0.2) is 47.4 Å². The lowest BCUT2D eigenvalue weighted by atomic mass is 9.88. The zero-order valence-corrected chi connectivity index (χ0v) is 19.4. The fraction of sp³-hybridized carbons (Fsp3) is 0.240. The van der Waals surface area contributed by atoms with E-state index in [2.05, 4.69) is 15.5 Å². The zero-order valence-electron chi connectivity index (χ0n) is 19.4. The summed E-state index contributed by atoms with van der Waals surface area (Å²) in [5.74, 6) is -4.64. The van der Waals surface area contributed by atoms with Crippen molar-refractivity contribution in [1.82, 2.24) is 20.1 Å². The van der Waals surface area contributed by atoms with E-state index in [0.29, 0.717) is 11.1 Å². The Labute approximate surface area is 207 Å². The molecular weight excluding hydrogens is 494 g/mol. The summed E-state index contributed by atoms with van der Waals surface area (Å²) in [6.07, 6.45) is 0.645. The average molecular weight is 515 g/mol. The monoisotopic (exact) mass is 515 g/mol. The van der Waals surface area contributed by atoms with E-state index >= 15 is 4.39 Å². The molecule has 0 aliphatic heterocycles. The van der Waals surface area contributed by atoms with Crippen LogP contribution in [0.3, 0.4) is 0 Å². The Morgan fingerprint density at radius 2 is 2.00 bits per heavy atom. The lowest BCUT2D eigenvalue weighted by Gasteiger charge is -2.36. The number of benzene rings is 2. The van der Waals surface area contributed by atoms with Crippen LogP contribution in [0, 0.1) is 11.6 Å². The van der Waals surface area contributed by atoms with Crippen LogP contribution >= 0.6 is 0 Å². The van der Waals surface area contributed by atoms with Gasteiger partial charge in [0.15, 0.2) is 5.82 Å². The number of nitrogens with one attached hydrogen (secondary N) is 2. The second kappa shape index (κ2) is 8.95. The molecular formula is C25H21F4N5O3. The lowest BCUT2D eigenvalue weighted by molar-refractivity contribution is -0.103. The first kappa shape index (κ1) is 24.3. The molecule has 8 nitrogen and oxygen atoms in total. The molecule has 37 heavy (non-hydrogen) atoms. The molecule has 5 rings (SSSR count). The summed E-state index contributed by atoms with van der Waals surface area (Å²) in [5.41, 5.74) is 6.30. The van der Waals surface area contributed by atoms with Gasteiger partial charge in [-0.1, -0.05) is 12.1 Å². The number of amides is 1. The maximum Gasteiger partial charge on any atom is 0.288 e. The first-order valence-electron chi connectivity index (χ1n) is 11.2. The van der Waals surface area contributed by atoms with Crippen LogP contribution in [0.25, 0.3) is 22.0 Å². The number of hydrogen-bond donors (Lipinski definition) is 3.